The Labute approximate surface area is 230 Å². The molecule has 39 heavy (non-hydrogen) atoms. The minimum absolute atomic E-state index is 0.0572. The van der Waals surface area contributed by atoms with E-state index in [2.05, 4.69) is 35.4 Å². The molecule has 1 unspecified atom stereocenters. The Bertz CT molecular complexity index is 1460. The van der Waals surface area contributed by atoms with E-state index in [1.165, 1.54) is 12.7 Å². The molecule has 4 aromatic rings. The van der Waals surface area contributed by atoms with Gasteiger partial charge >= 0.3 is 5.97 Å². The fourth-order valence-electron chi connectivity index (χ4n) is 6.11. The molecular formula is C33H32N2O3P. The average Bonchev–Trinajstić information content (AvgIpc) is 3.58. The Hall–Kier alpha value is -3.14. The number of benzene rings is 3. The number of methoxy groups -OCH3 is 1. The van der Waals surface area contributed by atoms with Gasteiger partial charge in [0, 0.05) is 52.3 Å². The van der Waals surface area contributed by atoms with Crippen LogP contribution in [-0.4, -0.2) is 42.1 Å². The highest BCUT2D eigenvalue weighted by molar-refractivity contribution is 7.81. The second kappa shape index (κ2) is 10.8. The van der Waals surface area contributed by atoms with Gasteiger partial charge in [0.05, 0.1) is 12.8 Å². The third-order valence-electron chi connectivity index (χ3n) is 8.15. The Kier molecular flexibility index (Phi) is 7.22. The molecule has 1 aromatic heterocycles. The number of hydrogen-bond acceptors (Lipinski definition) is 4. The minimum Gasteiger partial charge on any atom is -0.468 e. The quantitative estimate of drug-likeness (QED) is 0.265. The number of fused-ring (bicyclic) bond motifs is 3. The summed E-state index contributed by atoms with van der Waals surface area (Å²) in [5, 5.41) is 2.80. The molecule has 197 valence electrons. The summed E-state index contributed by atoms with van der Waals surface area (Å²) in [7, 11) is -1.67. The van der Waals surface area contributed by atoms with E-state index in [0.29, 0.717) is 6.54 Å². The van der Waals surface area contributed by atoms with Crippen LogP contribution >= 0.6 is 7.14 Å². The molecule has 2 aliphatic rings. The van der Waals surface area contributed by atoms with E-state index in [4.69, 9.17) is 4.74 Å². The predicted octanol–water partition coefficient (Wildman–Crippen LogP) is 5.42. The molecule has 1 N–H and O–H groups in total. The number of H-pyrrole nitrogens is 1. The first-order valence-electron chi connectivity index (χ1n) is 13.4. The highest BCUT2D eigenvalue weighted by Gasteiger charge is 2.48. The fourth-order valence-corrected chi connectivity index (χ4v) is 9.07. The van der Waals surface area contributed by atoms with E-state index < -0.39 is 13.1 Å². The van der Waals surface area contributed by atoms with Gasteiger partial charge in [-0.05, 0) is 44.2 Å². The number of esters is 1. The molecule has 6 rings (SSSR count). The highest BCUT2D eigenvalue weighted by Crippen LogP contribution is 2.63. The Balaban J connectivity index is 1.35. The predicted molar refractivity (Wildman–Crippen MR) is 157 cm³/mol. The van der Waals surface area contributed by atoms with Gasteiger partial charge in [-0.15, -0.1) is 0 Å². The topological polar surface area (TPSA) is 62.4 Å². The maximum atomic E-state index is 15.2. The molecule has 1 fully saturated rings. The van der Waals surface area contributed by atoms with Crippen LogP contribution in [0.1, 0.15) is 24.1 Å². The van der Waals surface area contributed by atoms with Crippen LogP contribution < -0.4 is 10.6 Å². The molecule has 3 aromatic carbocycles. The summed E-state index contributed by atoms with van der Waals surface area (Å²) in [5.41, 5.74) is 4.02. The Morgan fingerprint density at radius 1 is 0.949 bits per heavy atom. The van der Waals surface area contributed by atoms with Gasteiger partial charge in [-0.3, -0.25) is 9.69 Å². The maximum absolute atomic E-state index is 15.2. The van der Waals surface area contributed by atoms with Crippen molar-refractivity contribution in [3.8, 4) is 0 Å². The molecule has 1 aliphatic carbocycles. The zero-order valence-corrected chi connectivity index (χ0v) is 23.1. The lowest BCUT2D eigenvalue weighted by Crippen LogP contribution is -2.43. The molecule has 5 radical (unpaired) electrons. The normalized spacial score (nSPS) is 20.0. The summed E-state index contributed by atoms with van der Waals surface area (Å²) in [6.45, 7) is 3.44. The third-order valence-corrected chi connectivity index (χ3v) is 11.3. The number of para-hydroxylation sites is 1. The molecule has 0 spiro atoms. The first kappa shape index (κ1) is 26.1. The van der Waals surface area contributed by atoms with Crippen LogP contribution in [0.2, 0.25) is 0 Å². The largest absolute Gasteiger partial charge is 0.468 e. The van der Waals surface area contributed by atoms with Gasteiger partial charge in [0.1, 0.15) is 5.92 Å². The number of rotatable bonds is 6. The first-order chi connectivity index (χ1) is 19.0. The third kappa shape index (κ3) is 4.56. The second-order valence-electron chi connectivity index (χ2n) is 10.2. The lowest BCUT2D eigenvalue weighted by molar-refractivity contribution is -0.143. The number of aromatic nitrogens is 1. The molecule has 0 amide bonds. The highest BCUT2D eigenvalue weighted by atomic mass is 31.2. The smallest absolute Gasteiger partial charge is 0.315 e. The SMILES string of the molecule is COC(=O)C1CN([C@@H](C)[C]2[CH][CH][CH][C]2P(=O)(c2ccccc2)c2ccccc2)CCc2c1[nH]c1ccccc21. The molecule has 0 saturated heterocycles. The van der Waals surface area contributed by atoms with E-state index in [-0.39, 0.29) is 12.0 Å². The van der Waals surface area contributed by atoms with Gasteiger partial charge in [-0.25, -0.2) is 0 Å². The number of hydrogen-bond donors (Lipinski definition) is 1. The summed E-state index contributed by atoms with van der Waals surface area (Å²) >= 11 is 0. The fraction of sp³-hybridized carbons (Fsp3) is 0.212. The van der Waals surface area contributed by atoms with Crippen LogP contribution in [0.15, 0.2) is 84.9 Å². The summed E-state index contributed by atoms with van der Waals surface area (Å²) < 4.78 is 20.4. The standard InChI is InChI=1S/C33H32N2O3P/c1-23(35-21-20-28-27-16-9-10-18-30(27)34-32(28)29(22-35)33(36)38-2)26-17-11-19-31(26)39(37,24-12-5-3-6-13-24)25-14-7-4-8-15-25/h3-19,23,29,34H,20-22H2,1-2H3/t23-,29?/m0/s1. The molecule has 5 nitrogen and oxygen atoms in total. The van der Waals surface area contributed by atoms with Gasteiger partial charge in [-0.2, -0.15) is 0 Å². The van der Waals surface area contributed by atoms with E-state index in [1.54, 1.807) is 0 Å². The summed E-state index contributed by atoms with van der Waals surface area (Å²) in [6.07, 6.45) is 6.91. The molecule has 1 aliphatic heterocycles. The summed E-state index contributed by atoms with van der Waals surface area (Å²) in [4.78, 5) is 19.0. The van der Waals surface area contributed by atoms with Crippen molar-refractivity contribution in [2.45, 2.75) is 25.3 Å². The van der Waals surface area contributed by atoms with Crippen LogP contribution in [0, 0.1) is 30.8 Å². The van der Waals surface area contributed by atoms with Crippen LogP contribution in [0.4, 0.5) is 0 Å². The Morgan fingerprint density at radius 3 is 2.26 bits per heavy atom. The zero-order valence-electron chi connectivity index (χ0n) is 22.2. The van der Waals surface area contributed by atoms with Gasteiger partial charge < -0.3 is 14.3 Å². The van der Waals surface area contributed by atoms with Gasteiger partial charge in [0.25, 0.3) is 0 Å². The lowest BCUT2D eigenvalue weighted by atomic mass is 9.96. The van der Waals surface area contributed by atoms with Gasteiger partial charge in [-0.1, -0.05) is 78.9 Å². The number of aromatic amines is 1. The summed E-state index contributed by atoms with van der Waals surface area (Å²) in [6, 6.07) is 27.7. The van der Waals surface area contributed by atoms with Crippen molar-refractivity contribution in [2.75, 3.05) is 20.2 Å². The molecular weight excluding hydrogens is 503 g/mol. The van der Waals surface area contributed by atoms with E-state index in [9.17, 15) is 4.79 Å². The van der Waals surface area contributed by atoms with Crippen LogP contribution in [0.5, 0.6) is 0 Å². The maximum Gasteiger partial charge on any atom is 0.315 e. The first-order valence-corrected chi connectivity index (χ1v) is 15.1. The van der Waals surface area contributed by atoms with Crippen molar-refractivity contribution < 1.29 is 14.1 Å². The molecule has 2 heterocycles. The van der Waals surface area contributed by atoms with Crippen molar-refractivity contribution in [1.29, 1.82) is 0 Å². The average molecular weight is 536 g/mol. The number of nitrogens with one attached hydrogen (secondary N) is 1. The van der Waals surface area contributed by atoms with Gasteiger partial charge in [0.15, 0.2) is 7.14 Å². The molecule has 6 heteroatoms. The van der Waals surface area contributed by atoms with E-state index in [0.717, 1.165) is 51.7 Å². The zero-order chi connectivity index (χ0) is 27.0. The van der Waals surface area contributed by atoms with Crippen LogP contribution in [0.25, 0.3) is 10.9 Å². The van der Waals surface area contributed by atoms with Gasteiger partial charge in [0.2, 0.25) is 0 Å². The number of ether oxygens (including phenoxy) is 1. The van der Waals surface area contributed by atoms with Crippen molar-refractivity contribution in [3.05, 3.63) is 127 Å². The van der Waals surface area contributed by atoms with E-state index >= 15 is 4.57 Å². The second-order valence-corrected chi connectivity index (χ2v) is 12.9. The minimum atomic E-state index is -3.13. The molecule has 2 atom stereocenters. The number of nitrogens with zero attached hydrogens (tertiary/aromatic N) is 1. The van der Waals surface area contributed by atoms with Crippen molar-refractivity contribution >= 4 is 34.6 Å². The molecule has 0 bridgehead atoms. The Morgan fingerprint density at radius 2 is 1.59 bits per heavy atom. The monoisotopic (exact) mass is 535 g/mol. The van der Waals surface area contributed by atoms with Crippen molar-refractivity contribution in [1.82, 2.24) is 9.88 Å². The van der Waals surface area contributed by atoms with E-state index in [1.807, 2.05) is 85.6 Å². The van der Waals surface area contributed by atoms with Crippen molar-refractivity contribution in [2.24, 2.45) is 0 Å². The van der Waals surface area contributed by atoms with Crippen LogP contribution in [-0.2, 0) is 20.5 Å². The van der Waals surface area contributed by atoms with Crippen molar-refractivity contribution in [3.63, 3.8) is 0 Å². The number of carbonyl (C=O) groups excluding carboxylic acids is 1. The lowest BCUT2D eigenvalue weighted by Gasteiger charge is -2.38. The summed E-state index contributed by atoms with van der Waals surface area (Å²) in [5.74, 6) is 0.352. The van der Waals surface area contributed by atoms with Crippen LogP contribution in [0.3, 0.4) is 0 Å². The number of carbonyl (C=O) groups is 1. The molecule has 1 saturated carbocycles.